The van der Waals surface area contributed by atoms with E-state index in [9.17, 15) is 4.79 Å². The number of nitrogens with zero attached hydrogens (tertiary/aromatic N) is 2. The average Bonchev–Trinajstić information content (AvgIpc) is 2.61. The summed E-state index contributed by atoms with van der Waals surface area (Å²) in [5.41, 5.74) is 1.10. The number of hydrogen-bond donors (Lipinski definition) is 0. The second kappa shape index (κ2) is 4.43. The summed E-state index contributed by atoms with van der Waals surface area (Å²) >= 11 is 0. The van der Waals surface area contributed by atoms with Crippen LogP contribution in [-0.2, 0) is 6.54 Å². The summed E-state index contributed by atoms with van der Waals surface area (Å²) < 4.78 is 5.15. The fourth-order valence-electron chi connectivity index (χ4n) is 1.84. The molecule has 0 unspecified atom stereocenters. The molecule has 0 radical (unpaired) electrons. The van der Waals surface area contributed by atoms with Gasteiger partial charge >= 0.3 is 6.03 Å². The smallest absolute Gasteiger partial charge is 0.320 e. The number of likely N-dealkylation sites (N-methyl/N-ethyl adjacent to an activating group) is 1. The van der Waals surface area contributed by atoms with E-state index in [0.29, 0.717) is 6.54 Å². The monoisotopic (exact) mass is 220 g/mol. The second-order valence-corrected chi connectivity index (χ2v) is 3.98. The Bertz CT molecular complexity index is 392. The van der Waals surface area contributed by atoms with Gasteiger partial charge in [-0.3, -0.25) is 0 Å². The normalized spacial score (nSPS) is 15.8. The van der Waals surface area contributed by atoms with E-state index in [2.05, 4.69) is 0 Å². The molecule has 1 saturated heterocycles. The zero-order chi connectivity index (χ0) is 11.5. The van der Waals surface area contributed by atoms with E-state index in [1.807, 2.05) is 36.2 Å². The van der Waals surface area contributed by atoms with E-state index in [-0.39, 0.29) is 6.03 Å². The molecule has 0 atom stereocenters. The molecule has 1 aliphatic heterocycles. The first-order valence-electron chi connectivity index (χ1n) is 5.33. The van der Waals surface area contributed by atoms with Crippen LogP contribution in [0.2, 0.25) is 0 Å². The van der Waals surface area contributed by atoms with Gasteiger partial charge < -0.3 is 14.5 Å². The SMILES string of the molecule is COc1cccc(CN2CCN(C)C2=O)c1. The summed E-state index contributed by atoms with van der Waals surface area (Å²) in [6, 6.07) is 7.92. The average molecular weight is 220 g/mol. The van der Waals surface area contributed by atoms with Gasteiger partial charge in [-0.15, -0.1) is 0 Å². The first-order chi connectivity index (χ1) is 7.70. The number of methoxy groups -OCH3 is 1. The molecule has 1 fully saturated rings. The summed E-state index contributed by atoms with van der Waals surface area (Å²) in [5.74, 6) is 0.831. The third-order valence-electron chi connectivity index (χ3n) is 2.81. The number of carbonyl (C=O) groups is 1. The quantitative estimate of drug-likeness (QED) is 0.774. The van der Waals surface area contributed by atoms with E-state index in [4.69, 9.17) is 4.74 Å². The Hall–Kier alpha value is -1.71. The van der Waals surface area contributed by atoms with Gasteiger partial charge in [-0.05, 0) is 17.7 Å². The predicted molar refractivity (Wildman–Crippen MR) is 61.4 cm³/mol. The maximum absolute atomic E-state index is 11.7. The molecule has 0 aromatic heterocycles. The Labute approximate surface area is 95.4 Å². The van der Waals surface area contributed by atoms with Crippen molar-refractivity contribution in [2.24, 2.45) is 0 Å². The Kier molecular flexibility index (Phi) is 2.99. The second-order valence-electron chi connectivity index (χ2n) is 3.98. The van der Waals surface area contributed by atoms with E-state index in [1.54, 1.807) is 12.0 Å². The Morgan fingerprint density at radius 1 is 1.38 bits per heavy atom. The van der Waals surface area contributed by atoms with E-state index >= 15 is 0 Å². The Balaban J connectivity index is 2.06. The lowest BCUT2D eigenvalue weighted by molar-refractivity contribution is 0.197. The van der Waals surface area contributed by atoms with Crippen molar-refractivity contribution >= 4 is 6.03 Å². The van der Waals surface area contributed by atoms with Gasteiger partial charge in [0.25, 0.3) is 0 Å². The van der Waals surface area contributed by atoms with Crippen LogP contribution >= 0.6 is 0 Å². The van der Waals surface area contributed by atoms with Crippen molar-refractivity contribution in [3.05, 3.63) is 29.8 Å². The molecule has 16 heavy (non-hydrogen) atoms. The van der Waals surface area contributed by atoms with Crippen LogP contribution in [0.1, 0.15) is 5.56 Å². The molecular weight excluding hydrogens is 204 g/mol. The largest absolute Gasteiger partial charge is 0.497 e. The molecule has 0 N–H and O–H groups in total. The minimum absolute atomic E-state index is 0.0998. The molecule has 1 heterocycles. The minimum atomic E-state index is 0.0998. The molecule has 4 nitrogen and oxygen atoms in total. The summed E-state index contributed by atoms with van der Waals surface area (Å²) in [4.78, 5) is 15.3. The third kappa shape index (κ3) is 2.10. The molecule has 4 heteroatoms. The molecule has 1 aromatic rings. The number of benzene rings is 1. The lowest BCUT2D eigenvalue weighted by atomic mass is 10.2. The molecule has 1 aliphatic rings. The molecule has 2 amide bonds. The topological polar surface area (TPSA) is 32.8 Å². The van der Waals surface area contributed by atoms with Crippen LogP contribution in [0, 0.1) is 0 Å². The van der Waals surface area contributed by atoms with Crippen LogP contribution in [0.3, 0.4) is 0 Å². The number of carbonyl (C=O) groups excluding carboxylic acids is 1. The van der Waals surface area contributed by atoms with Gasteiger partial charge in [-0.25, -0.2) is 4.79 Å². The first-order valence-corrected chi connectivity index (χ1v) is 5.33. The van der Waals surface area contributed by atoms with Crippen LogP contribution in [0.4, 0.5) is 4.79 Å². The summed E-state index contributed by atoms with van der Waals surface area (Å²) in [6.07, 6.45) is 0. The standard InChI is InChI=1S/C12H16N2O2/c1-13-6-7-14(12(13)15)9-10-4-3-5-11(8-10)16-2/h3-5,8H,6-7,9H2,1-2H3. The molecular formula is C12H16N2O2. The summed E-state index contributed by atoms with van der Waals surface area (Å²) in [6.45, 7) is 2.26. The van der Waals surface area contributed by atoms with Gasteiger partial charge in [0.1, 0.15) is 5.75 Å². The van der Waals surface area contributed by atoms with Crippen molar-refractivity contribution < 1.29 is 9.53 Å². The molecule has 1 aromatic carbocycles. The fourth-order valence-corrected chi connectivity index (χ4v) is 1.84. The zero-order valence-electron chi connectivity index (χ0n) is 9.64. The van der Waals surface area contributed by atoms with Gasteiger partial charge in [0.15, 0.2) is 0 Å². The highest BCUT2D eigenvalue weighted by Crippen LogP contribution is 2.16. The molecule has 0 spiro atoms. The lowest BCUT2D eigenvalue weighted by Crippen LogP contribution is -2.28. The van der Waals surface area contributed by atoms with E-state index in [1.165, 1.54) is 0 Å². The number of rotatable bonds is 3. The number of urea groups is 1. The van der Waals surface area contributed by atoms with E-state index < -0.39 is 0 Å². The Morgan fingerprint density at radius 2 is 2.19 bits per heavy atom. The van der Waals surface area contributed by atoms with Gasteiger partial charge in [-0.2, -0.15) is 0 Å². The van der Waals surface area contributed by atoms with Crippen LogP contribution in [0.15, 0.2) is 24.3 Å². The van der Waals surface area contributed by atoms with Gasteiger partial charge in [0.05, 0.1) is 7.11 Å². The van der Waals surface area contributed by atoms with Crippen molar-refractivity contribution in [2.75, 3.05) is 27.2 Å². The van der Waals surface area contributed by atoms with Crippen LogP contribution < -0.4 is 4.74 Å². The maximum Gasteiger partial charge on any atom is 0.320 e. The molecule has 0 saturated carbocycles. The Morgan fingerprint density at radius 3 is 2.81 bits per heavy atom. The summed E-state index contributed by atoms with van der Waals surface area (Å²) in [7, 11) is 3.47. The van der Waals surface area contributed by atoms with Crippen molar-refractivity contribution in [3.63, 3.8) is 0 Å². The van der Waals surface area contributed by atoms with Crippen molar-refractivity contribution in [3.8, 4) is 5.75 Å². The first kappa shape index (κ1) is 10.8. The summed E-state index contributed by atoms with van der Waals surface area (Å²) in [5, 5.41) is 0. The van der Waals surface area contributed by atoms with Crippen molar-refractivity contribution in [2.45, 2.75) is 6.54 Å². The number of ether oxygens (including phenoxy) is 1. The highest BCUT2D eigenvalue weighted by molar-refractivity contribution is 5.76. The van der Waals surface area contributed by atoms with Gasteiger partial charge in [0, 0.05) is 26.7 Å². The molecule has 0 bridgehead atoms. The molecule has 0 aliphatic carbocycles. The van der Waals surface area contributed by atoms with Crippen LogP contribution in [-0.4, -0.2) is 43.1 Å². The van der Waals surface area contributed by atoms with Crippen LogP contribution in [0.5, 0.6) is 5.75 Å². The fraction of sp³-hybridized carbons (Fsp3) is 0.417. The predicted octanol–water partition coefficient (Wildman–Crippen LogP) is 1.56. The molecule has 86 valence electrons. The number of amides is 2. The van der Waals surface area contributed by atoms with Crippen molar-refractivity contribution in [1.29, 1.82) is 0 Å². The van der Waals surface area contributed by atoms with Crippen molar-refractivity contribution in [1.82, 2.24) is 9.80 Å². The van der Waals surface area contributed by atoms with Gasteiger partial charge in [-0.1, -0.05) is 12.1 Å². The third-order valence-corrected chi connectivity index (χ3v) is 2.81. The van der Waals surface area contributed by atoms with Gasteiger partial charge in [0.2, 0.25) is 0 Å². The highest BCUT2D eigenvalue weighted by Gasteiger charge is 2.24. The van der Waals surface area contributed by atoms with E-state index in [0.717, 1.165) is 24.4 Å². The lowest BCUT2D eigenvalue weighted by Gasteiger charge is -2.16. The number of hydrogen-bond acceptors (Lipinski definition) is 2. The maximum atomic E-state index is 11.7. The molecule has 2 rings (SSSR count). The minimum Gasteiger partial charge on any atom is -0.497 e. The zero-order valence-corrected chi connectivity index (χ0v) is 9.64. The highest BCUT2D eigenvalue weighted by atomic mass is 16.5. The van der Waals surface area contributed by atoms with Crippen LogP contribution in [0.25, 0.3) is 0 Å².